The molecule has 1 aromatic carbocycles. The second-order valence-corrected chi connectivity index (χ2v) is 5.08. The molecular weight excluding hydrogens is 278 g/mol. The maximum atomic E-state index is 11.7. The number of hydrogen-bond donors (Lipinski definition) is 1. The number of carbonyl (C=O) groups excluding carboxylic acids is 1. The van der Waals surface area contributed by atoms with E-state index in [2.05, 4.69) is 15.3 Å². The minimum atomic E-state index is -0.608. The summed E-state index contributed by atoms with van der Waals surface area (Å²) in [6.07, 6.45) is 1.68. The van der Waals surface area contributed by atoms with Crippen LogP contribution >= 0.6 is 0 Å². The molecule has 110 valence electrons. The van der Waals surface area contributed by atoms with E-state index in [0.717, 1.165) is 22.5 Å². The van der Waals surface area contributed by atoms with Gasteiger partial charge in [0.25, 0.3) is 5.91 Å². The van der Waals surface area contributed by atoms with Crippen LogP contribution in [0, 0.1) is 13.8 Å². The molecule has 0 bridgehead atoms. The maximum absolute atomic E-state index is 11.7. The monoisotopic (exact) mass is 293 g/mol. The SMILES string of the molecule is Cc1ccc(-n2nnc(C(N)=O)c2-c2ccnc(C)c2)cc1. The van der Waals surface area contributed by atoms with Crippen molar-refractivity contribution in [3.05, 3.63) is 59.5 Å². The zero-order valence-corrected chi connectivity index (χ0v) is 12.3. The number of nitrogens with zero attached hydrogens (tertiary/aromatic N) is 4. The van der Waals surface area contributed by atoms with Crippen LogP contribution in [0.1, 0.15) is 21.7 Å². The number of aryl methyl sites for hydroxylation is 2. The van der Waals surface area contributed by atoms with Gasteiger partial charge in [0.15, 0.2) is 5.69 Å². The van der Waals surface area contributed by atoms with Crippen LogP contribution in [0.3, 0.4) is 0 Å². The van der Waals surface area contributed by atoms with Crippen molar-refractivity contribution in [2.45, 2.75) is 13.8 Å². The Morgan fingerprint density at radius 1 is 1.14 bits per heavy atom. The smallest absolute Gasteiger partial charge is 0.271 e. The number of benzene rings is 1. The summed E-state index contributed by atoms with van der Waals surface area (Å²) in [4.78, 5) is 15.8. The summed E-state index contributed by atoms with van der Waals surface area (Å²) in [5.41, 5.74) is 9.74. The summed E-state index contributed by atoms with van der Waals surface area (Å²) in [5, 5.41) is 8.03. The normalized spacial score (nSPS) is 10.6. The third kappa shape index (κ3) is 2.46. The molecule has 0 saturated carbocycles. The van der Waals surface area contributed by atoms with Crippen molar-refractivity contribution in [3.63, 3.8) is 0 Å². The van der Waals surface area contributed by atoms with Gasteiger partial charge in [0.1, 0.15) is 5.69 Å². The zero-order chi connectivity index (χ0) is 15.7. The molecule has 0 aliphatic rings. The predicted octanol–water partition coefficient (Wildman–Crippen LogP) is 2.05. The van der Waals surface area contributed by atoms with Gasteiger partial charge in [-0.05, 0) is 38.1 Å². The molecule has 3 aromatic rings. The van der Waals surface area contributed by atoms with E-state index in [1.807, 2.05) is 50.2 Å². The third-order valence-corrected chi connectivity index (χ3v) is 3.35. The van der Waals surface area contributed by atoms with Crippen LogP contribution < -0.4 is 5.73 Å². The maximum Gasteiger partial charge on any atom is 0.271 e. The van der Waals surface area contributed by atoms with E-state index >= 15 is 0 Å². The molecule has 0 radical (unpaired) electrons. The second kappa shape index (κ2) is 5.40. The van der Waals surface area contributed by atoms with Crippen LogP contribution in [0.5, 0.6) is 0 Å². The summed E-state index contributed by atoms with van der Waals surface area (Å²) in [6, 6.07) is 11.5. The number of primary amides is 1. The Morgan fingerprint density at radius 3 is 2.50 bits per heavy atom. The molecule has 1 amide bonds. The molecule has 3 rings (SSSR count). The Labute approximate surface area is 127 Å². The molecule has 0 fully saturated rings. The molecule has 6 nitrogen and oxygen atoms in total. The Balaban J connectivity index is 2.24. The van der Waals surface area contributed by atoms with Crippen LogP contribution in [0.15, 0.2) is 42.6 Å². The fourth-order valence-corrected chi connectivity index (χ4v) is 2.27. The molecule has 2 aromatic heterocycles. The molecule has 0 aliphatic heterocycles. The highest BCUT2D eigenvalue weighted by molar-refractivity contribution is 5.97. The van der Waals surface area contributed by atoms with Gasteiger partial charge >= 0.3 is 0 Å². The minimum Gasteiger partial charge on any atom is -0.364 e. The average molecular weight is 293 g/mol. The lowest BCUT2D eigenvalue weighted by Gasteiger charge is -2.08. The topological polar surface area (TPSA) is 86.7 Å². The number of aromatic nitrogens is 4. The summed E-state index contributed by atoms with van der Waals surface area (Å²) in [6.45, 7) is 3.89. The van der Waals surface area contributed by atoms with Crippen molar-refractivity contribution in [2.24, 2.45) is 5.73 Å². The van der Waals surface area contributed by atoms with Gasteiger partial charge in [0.05, 0.1) is 5.69 Å². The summed E-state index contributed by atoms with van der Waals surface area (Å²) < 4.78 is 1.62. The third-order valence-electron chi connectivity index (χ3n) is 3.35. The molecule has 2 heterocycles. The molecule has 0 saturated heterocycles. The molecule has 22 heavy (non-hydrogen) atoms. The molecule has 0 spiro atoms. The lowest BCUT2D eigenvalue weighted by atomic mass is 10.1. The second-order valence-electron chi connectivity index (χ2n) is 5.08. The zero-order valence-electron chi connectivity index (χ0n) is 12.3. The number of amides is 1. The molecule has 0 unspecified atom stereocenters. The van der Waals surface area contributed by atoms with Crippen LogP contribution in [0.4, 0.5) is 0 Å². The first kappa shape index (κ1) is 13.9. The first-order chi connectivity index (χ1) is 10.6. The van der Waals surface area contributed by atoms with Gasteiger partial charge in [0.2, 0.25) is 0 Å². The largest absolute Gasteiger partial charge is 0.364 e. The standard InChI is InChI=1S/C16H15N5O/c1-10-3-5-13(6-4-10)21-15(14(16(17)22)19-20-21)12-7-8-18-11(2)9-12/h3-9H,1-2H3,(H2,17,22). The number of hydrogen-bond acceptors (Lipinski definition) is 4. The highest BCUT2D eigenvalue weighted by Crippen LogP contribution is 2.25. The summed E-state index contributed by atoms with van der Waals surface area (Å²) in [7, 11) is 0. The van der Waals surface area contributed by atoms with Crippen LogP contribution in [0.2, 0.25) is 0 Å². The number of nitrogens with two attached hydrogens (primary N) is 1. The fourth-order valence-electron chi connectivity index (χ4n) is 2.27. The first-order valence-corrected chi connectivity index (χ1v) is 6.82. The van der Waals surface area contributed by atoms with Crippen molar-refractivity contribution >= 4 is 5.91 Å². The van der Waals surface area contributed by atoms with Crippen molar-refractivity contribution in [1.82, 2.24) is 20.0 Å². The van der Waals surface area contributed by atoms with Gasteiger partial charge in [-0.2, -0.15) is 0 Å². The molecule has 0 aliphatic carbocycles. The number of carbonyl (C=O) groups is 1. The van der Waals surface area contributed by atoms with E-state index in [1.165, 1.54) is 0 Å². The van der Waals surface area contributed by atoms with E-state index in [9.17, 15) is 4.79 Å². The Morgan fingerprint density at radius 2 is 1.86 bits per heavy atom. The van der Waals surface area contributed by atoms with E-state index in [1.54, 1.807) is 10.9 Å². The van der Waals surface area contributed by atoms with Crippen LogP contribution in [-0.4, -0.2) is 25.9 Å². The van der Waals surface area contributed by atoms with E-state index in [0.29, 0.717) is 5.69 Å². The Bertz CT molecular complexity index is 836. The van der Waals surface area contributed by atoms with E-state index in [-0.39, 0.29) is 5.69 Å². The van der Waals surface area contributed by atoms with Crippen molar-refractivity contribution < 1.29 is 4.79 Å². The fraction of sp³-hybridized carbons (Fsp3) is 0.125. The van der Waals surface area contributed by atoms with Gasteiger partial charge in [-0.3, -0.25) is 9.78 Å². The quantitative estimate of drug-likeness (QED) is 0.800. The van der Waals surface area contributed by atoms with Crippen LogP contribution in [-0.2, 0) is 0 Å². The van der Waals surface area contributed by atoms with Crippen molar-refractivity contribution in [2.75, 3.05) is 0 Å². The number of pyridine rings is 1. The molecule has 6 heteroatoms. The predicted molar refractivity (Wildman–Crippen MR) is 82.6 cm³/mol. The van der Waals surface area contributed by atoms with Gasteiger partial charge in [-0.1, -0.05) is 22.9 Å². The molecule has 2 N–H and O–H groups in total. The first-order valence-electron chi connectivity index (χ1n) is 6.82. The van der Waals surface area contributed by atoms with E-state index in [4.69, 9.17) is 5.73 Å². The molecule has 0 atom stereocenters. The lowest BCUT2D eigenvalue weighted by molar-refractivity contribution is 0.0996. The van der Waals surface area contributed by atoms with Crippen molar-refractivity contribution in [1.29, 1.82) is 0 Å². The highest BCUT2D eigenvalue weighted by atomic mass is 16.1. The van der Waals surface area contributed by atoms with Gasteiger partial charge in [-0.25, -0.2) is 4.68 Å². The minimum absolute atomic E-state index is 0.145. The molecular formula is C16H15N5O. The highest BCUT2D eigenvalue weighted by Gasteiger charge is 2.20. The Kier molecular flexibility index (Phi) is 3.42. The lowest BCUT2D eigenvalue weighted by Crippen LogP contribution is -2.13. The average Bonchev–Trinajstić information content (AvgIpc) is 2.93. The summed E-state index contributed by atoms with van der Waals surface area (Å²) >= 11 is 0. The number of rotatable bonds is 3. The van der Waals surface area contributed by atoms with Gasteiger partial charge < -0.3 is 5.73 Å². The van der Waals surface area contributed by atoms with Gasteiger partial charge in [-0.15, -0.1) is 5.10 Å². The van der Waals surface area contributed by atoms with Gasteiger partial charge in [0, 0.05) is 17.5 Å². The van der Waals surface area contributed by atoms with Crippen LogP contribution in [0.25, 0.3) is 16.9 Å². The van der Waals surface area contributed by atoms with Crippen molar-refractivity contribution in [3.8, 4) is 16.9 Å². The summed E-state index contributed by atoms with van der Waals surface area (Å²) in [5.74, 6) is -0.608. The van der Waals surface area contributed by atoms with E-state index < -0.39 is 5.91 Å². The Hall–Kier alpha value is -3.02.